The number of ether oxygens (including phenoxy) is 1. The van der Waals surface area contributed by atoms with Crippen molar-refractivity contribution in [2.45, 2.75) is 43.7 Å². The summed E-state index contributed by atoms with van der Waals surface area (Å²) in [6.45, 7) is 5.18. The molecule has 2 aliphatic rings. The molecule has 0 bridgehead atoms. The van der Waals surface area contributed by atoms with Crippen LogP contribution in [0.5, 0.6) is 0 Å². The molecule has 1 amide bonds. The molecule has 0 aromatic heterocycles. The van der Waals surface area contributed by atoms with Gasteiger partial charge in [-0.25, -0.2) is 8.42 Å². The molecule has 23 heavy (non-hydrogen) atoms. The molecule has 0 radical (unpaired) electrons. The first-order valence-corrected chi connectivity index (χ1v) is 9.37. The fraction of sp³-hybridized carbons (Fsp3) is 0.562. The standard InChI is InChI=1S/C16H22N2O4S/c1-12-11-22-13(2)10-18(12)23(20,21)15-7-5-14(6-8-15)17-9-3-4-16(17)19/h5-8,12-13H,3-4,9-11H2,1-2H3/t12-,13-/m0/s1. The number of amides is 1. The molecule has 2 atom stereocenters. The van der Waals surface area contributed by atoms with Gasteiger partial charge in [-0.05, 0) is 44.5 Å². The van der Waals surface area contributed by atoms with Crippen molar-refractivity contribution in [2.24, 2.45) is 0 Å². The number of rotatable bonds is 3. The molecule has 0 N–H and O–H groups in total. The number of morpholine rings is 1. The second-order valence-corrected chi connectivity index (χ2v) is 8.10. The summed E-state index contributed by atoms with van der Waals surface area (Å²) < 4.78 is 32.7. The first-order chi connectivity index (χ1) is 10.9. The molecule has 2 heterocycles. The minimum Gasteiger partial charge on any atom is -0.375 e. The van der Waals surface area contributed by atoms with E-state index in [0.717, 1.165) is 12.1 Å². The molecule has 0 aliphatic carbocycles. The third kappa shape index (κ3) is 3.13. The van der Waals surface area contributed by atoms with Crippen LogP contribution < -0.4 is 4.90 Å². The van der Waals surface area contributed by atoms with E-state index in [0.29, 0.717) is 26.1 Å². The van der Waals surface area contributed by atoms with E-state index in [-0.39, 0.29) is 22.9 Å². The predicted molar refractivity (Wildman–Crippen MR) is 86.8 cm³/mol. The lowest BCUT2D eigenvalue weighted by Gasteiger charge is -2.35. The number of carbonyl (C=O) groups excluding carboxylic acids is 1. The molecule has 2 saturated heterocycles. The number of nitrogens with zero attached hydrogens (tertiary/aromatic N) is 2. The fourth-order valence-electron chi connectivity index (χ4n) is 3.06. The fourth-order valence-corrected chi connectivity index (χ4v) is 4.75. The topological polar surface area (TPSA) is 66.9 Å². The summed E-state index contributed by atoms with van der Waals surface area (Å²) in [5, 5.41) is 0. The lowest BCUT2D eigenvalue weighted by atomic mass is 10.2. The zero-order chi connectivity index (χ0) is 16.6. The average molecular weight is 338 g/mol. The molecule has 6 nitrogen and oxygen atoms in total. The van der Waals surface area contributed by atoms with Crippen LogP contribution in [-0.4, -0.2) is 50.5 Å². The summed E-state index contributed by atoms with van der Waals surface area (Å²) in [4.78, 5) is 13.7. The van der Waals surface area contributed by atoms with Crippen molar-refractivity contribution in [3.8, 4) is 0 Å². The van der Waals surface area contributed by atoms with Crippen molar-refractivity contribution in [2.75, 3.05) is 24.6 Å². The number of hydrogen-bond donors (Lipinski definition) is 0. The van der Waals surface area contributed by atoms with Crippen LogP contribution in [0.1, 0.15) is 26.7 Å². The van der Waals surface area contributed by atoms with Crippen LogP contribution in [-0.2, 0) is 19.6 Å². The molecule has 2 fully saturated rings. The van der Waals surface area contributed by atoms with Gasteiger partial charge in [0, 0.05) is 31.2 Å². The minimum atomic E-state index is -3.55. The van der Waals surface area contributed by atoms with E-state index in [1.807, 2.05) is 13.8 Å². The molecule has 0 saturated carbocycles. The molecular weight excluding hydrogens is 316 g/mol. The number of hydrogen-bond acceptors (Lipinski definition) is 4. The highest BCUT2D eigenvalue weighted by Crippen LogP contribution is 2.26. The van der Waals surface area contributed by atoms with E-state index < -0.39 is 10.0 Å². The number of anilines is 1. The summed E-state index contributed by atoms with van der Waals surface area (Å²) in [6.07, 6.45) is 1.30. The third-order valence-corrected chi connectivity index (χ3v) is 6.37. The Labute approximate surface area is 137 Å². The van der Waals surface area contributed by atoms with Crippen LogP contribution in [0.15, 0.2) is 29.2 Å². The Balaban J connectivity index is 1.84. The Bertz CT molecular complexity index is 687. The maximum atomic E-state index is 12.8. The molecule has 126 valence electrons. The Kier molecular flexibility index (Phi) is 4.44. The Morgan fingerprint density at radius 3 is 2.48 bits per heavy atom. The summed E-state index contributed by atoms with van der Waals surface area (Å²) in [5.74, 6) is 0.0937. The van der Waals surface area contributed by atoms with Gasteiger partial charge in [0.2, 0.25) is 15.9 Å². The first-order valence-electron chi connectivity index (χ1n) is 7.93. The average Bonchev–Trinajstić information content (AvgIpc) is 2.96. The van der Waals surface area contributed by atoms with Crippen LogP contribution in [0, 0.1) is 0 Å². The first kappa shape index (κ1) is 16.4. The SMILES string of the molecule is C[C@H]1CN(S(=O)(=O)c2ccc(N3CCCC3=O)cc2)[C@@H](C)CO1. The third-order valence-electron chi connectivity index (χ3n) is 4.38. The summed E-state index contributed by atoms with van der Waals surface area (Å²) >= 11 is 0. The van der Waals surface area contributed by atoms with Crippen LogP contribution >= 0.6 is 0 Å². The van der Waals surface area contributed by atoms with Crippen molar-refractivity contribution in [1.29, 1.82) is 0 Å². The zero-order valence-corrected chi connectivity index (χ0v) is 14.3. The molecule has 1 aromatic carbocycles. The quantitative estimate of drug-likeness (QED) is 0.840. The molecule has 7 heteroatoms. The van der Waals surface area contributed by atoms with Gasteiger partial charge in [0.1, 0.15) is 0 Å². The van der Waals surface area contributed by atoms with Crippen LogP contribution in [0.3, 0.4) is 0 Å². The molecule has 0 spiro atoms. The Morgan fingerprint density at radius 1 is 1.17 bits per heavy atom. The lowest BCUT2D eigenvalue weighted by molar-refractivity contribution is -0.117. The minimum absolute atomic E-state index is 0.0937. The van der Waals surface area contributed by atoms with E-state index in [1.165, 1.54) is 4.31 Å². The molecule has 2 aliphatic heterocycles. The van der Waals surface area contributed by atoms with Gasteiger partial charge in [0.15, 0.2) is 0 Å². The number of benzene rings is 1. The molecule has 1 aromatic rings. The van der Waals surface area contributed by atoms with Gasteiger partial charge in [0.05, 0.1) is 17.6 Å². The van der Waals surface area contributed by atoms with Gasteiger partial charge in [-0.2, -0.15) is 4.31 Å². The summed E-state index contributed by atoms with van der Waals surface area (Å²) in [7, 11) is -3.55. The Hall–Kier alpha value is -1.44. The molecular formula is C16H22N2O4S. The van der Waals surface area contributed by atoms with E-state index >= 15 is 0 Å². The predicted octanol–water partition coefficient (Wildman–Crippen LogP) is 1.61. The van der Waals surface area contributed by atoms with Crippen LogP contribution in [0.4, 0.5) is 5.69 Å². The number of sulfonamides is 1. The maximum absolute atomic E-state index is 12.8. The van der Waals surface area contributed by atoms with E-state index in [9.17, 15) is 13.2 Å². The molecule has 3 rings (SSSR count). The summed E-state index contributed by atoms with van der Waals surface area (Å²) in [5.41, 5.74) is 0.759. The van der Waals surface area contributed by atoms with Crippen LogP contribution in [0.2, 0.25) is 0 Å². The Morgan fingerprint density at radius 2 is 1.87 bits per heavy atom. The van der Waals surface area contributed by atoms with Crippen LogP contribution in [0.25, 0.3) is 0 Å². The second kappa shape index (κ2) is 6.22. The van der Waals surface area contributed by atoms with Crippen molar-refractivity contribution in [3.63, 3.8) is 0 Å². The van der Waals surface area contributed by atoms with Gasteiger partial charge in [-0.3, -0.25) is 4.79 Å². The van der Waals surface area contributed by atoms with Crippen molar-refractivity contribution < 1.29 is 17.9 Å². The smallest absolute Gasteiger partial charge is 0.243 e. The zero-order valence-electron chi connectivity index (χ0n) is 13.4. The van der Waals surface area contributed by atoms with Gasteiger partial charge in [-0.1, -0.05) is 0 Å². The highest BCUT2D eigenvalue weighted by atomic mass is 32.2. The highest BCUT2D eigenvalue weighted by molar-refractivity contribution is 7.89. The van der Waals surface area contributed by atoms with Crippen molar-refractivity contribution in [3.05, 3.63) is 24.3 Å². The van der Waals surface area contributed by atoms with E-state index in [1.54, 1.807) is 29.2 Å². The van der Waals surface area contributed by atoms with E-state index in [2.05, 4.69) is 0 Å². The lowest BCUT2D eigenvalue weighted by Crippen LogP contribution is -2.50. The van der Waals surface area contributed by atoms with Gasteiger partial charge in [-0.15, -0.1) is 0 Å². The van der Waals surface area contributed by atoms with Crippen molar-refractivity contribution >= 4 is 21.6 Å². The van der Waals surface area contributed by atoms with Gasteiger partial charge < -0.3 is 9.64 Å². The largest absolute Gasteiger partial charge is 0.375 e. The monoisotopic (exact) mass is 338 g/mol. The normalized spacial score (nSPS) is 26.7. The van der Waals surface area contributed by atoms with E-state index in [4.69, 9.17) is 4.74 Å². The second-order valence-electron chi connectivity index (χ2n) is 6.21. The molecule has 0 unspecified atom stereocenters. The number of carbonyl (C=O) groups is 1. The summed E-state index contributed by atoms with van der Waals surface area (Å²) in [6, 6.07) is 6.41. The van der Waals surface area contributed by atoms with Gasteiger partial charge >= 0.3 is 0 Å². The maximum Gasteiger partial charge on any atom is 0.243 e. The highest BCUT2D eigenvalue weighted by Gasteiger charge is 2.34. The van der Waals surface area contributed by atoms with Gasteiger partial charge in [0.25, 0.3) is 0 Å². The van der Waals surface area contributed by atoms with Crippen molar-refractivity contribution in [1.82, 2.24) is 4.31 Å².